The van der Waals surface area contributed by atoms with Crippen LogP contribution < -0.4 is 0 Å². The van der Waals surface area contributed by atoms with E-state index >= 15 is 0 Å². The van der Waals surface area contributed by atoms with E-state index in [4.69, 9.17) is 0 Å². The number of benzene rings is 2. The molecule has 2 heteroatoms. The number of hydrogen-bond donors (Lipinski definition) is 0. The molecule has 0 fully saturated rings. The number of rotatable bonds is 4. The summed E-state index contributed by atoms with van der Waals surface area (Å²) in [7, 11) is 0. The van der Waals surface area contributed by atoms with Crippen molar-refractivity contribution in [2.45, 2.75) is 39.8 Å². The van der Waals surface area contributed by atoms with Gasteiger partial charge in [0.15, 0.2) is 0 Å². The maximum atomic E-state index is 2.57. The van der Waals surface area contributed by atoms with E-state index < -0.39 is 20.4 Å². The van der Waals surface area contributed by atoms with Crippen molar-refractivity contribution < 1.29 is 20.4 Å². The van der Waals surface area contributed by atoms with Gasteiger partial charge in [0.1, 0.15) is 0 Å². The molecule has 0 aliphatic heterocycles. The summed E-state index contributed by atoms with van der Waals surface area (Å²) in [5.41, 5.74) is 8.72. The summed E-state index contributed by atoms with van der Waals surface area (Å²) < 4.78 is 3.72. The molecule has 140 valence electrons. The van der Waals surface area contributed by atoms with Crippen molar-refractivity contribution in [2.75, 3.05) is 0 Å². The number of hydrogen-bond acceptors (Lipinski definition) is 0. The van der Waals surface area contributed by atoms with Crippen molar-refractivity contribution >= 4 is 16.6 Å². The summed E-state index contributed by atoms with van der Waals surface area (Å²) in [6, 6.07) is 22.0. The molecule has 0 amide bonds. The van der Waals surface area contributed by atoms with Gasteiger partial charge in [0.2, 0.25) is 0 Å². The van der Waals surface area contributed by atoms with Gasteiger partial charge in [-0.05, 0) is 0 Å². The zero-order chi connectivity index (χ0) is 19.7. The van der Waals surface area contributed by atoms with Crippen molar-refractivity contribution in [1.82, 2.24) is 0 Å². The molecule has 0 aromatic heterocycles. The van der Waals surface area contributed by atoms with Crippen LogP contribution in [0.15, 0.2) is 90.5 Å². The molecule has 2 aromatic carbocycles. The van der Waals surface area contributed by atoms with Gasteiger partial charge in [-0.1, -0.05) is 0 Å². The Morgan fingerprint density at radius 2 is 1.04 bits per heavy atom. The van der Waals surface area contributed by atoms with Gasteiger partial charge < -0.3 is 0 Å². The third kappa shape index (κ3) is 3.95. The van der Waals surface area contributed by atoms with Crippen LogP contribution in [0.4, 0.5) is 0 Å². The summed E-state index contributed by atoms with van der Waals surface area (Å²) in [4.78, 5) is 0. The van der Waals surface area contributed by atoms with E-state index in [1.165, 1.54) is 35.1 Å². The third-order valence-corrected chi connectivity index (χ3v) is 23.6. The predicted molar refractivity (Wildman–Crippen MR) is 121 cm³/mol. The molecule has 0 saturated heterocycles. The standard InChI is InChI=1S/2C12H11.C2H6Si.Zr/c2*1-10-7-8-12(9-10)11-5-3-2-4-6-11;1-3-2;/h2*2-6,9H,8H2,1H3;1-2H3;. The Morgan fingerprint density at radius 1 is 0.643 bits per heavy atom. The molecule has 2 aliphatic rings. The fourth-order valence-electron chi connectivity index (χ4n) is 4.49. The van der Waals surface area contributed by atoms with Crippen LogP contribution in [0.3, 0.4) is 0 Å². The van der Waals surface area contributed by atoms with Gasteiger partial charge in [-0.2, -0.15) is 0 Å². The summed E-state index contributed by atoms with van der Waals surface area (Å²) >= 11 is -1.81. The molecule has 28 heavy (non-hydrogen) atoms. The minimum atomic E-state index is -1.81. The van der Waals surface area contributed by atoms with Crippen LogP contribution in [-0.4, -0.2) is 5.43 Å². The molecule has 0 heterocycles. The molecular formula is C26H28SiZr. The van der Waals surface area contributed by atoms with Crippen molar-refractivity contribution in [2.24, 2.45) is 0 Å². The molecule has 2 aliphatic carbocycles. The van der Waals surface area contributed by atoms with Crippen LogP contribution in [0, 0.1) is 0 Å². The van der Waals surface area contributed by atoms with E-state index in [0.717, 1.165) is 0 Å². The van der Waals surface area contributed by atoms with Gasteiger partial charge in [0.05, 0.1) is 0 Å². The van der Waals surface area contributed by atoms with Crippen molar-refractivity contribution in [1.29, 1.82) is 0 Å². The van der Waals surface area contributed by atoms with Crippen LogP contribution >= 0.6 is 0 Å². The summed E-state index contributed by atoms with van der Waals surface area (Å²) in [5.74, 6) is 0. The van der Waals surface area contributed by atoms with Crippen LogP contribution in [0.25, 0.3) is 11.1 Å². The van der Waals surface area contributed by atoms with Gasteiger partial charge >= 0.3 is 178 Å². The van der Waals surface area contributed by atoms with Gasteiger partial charge in [-0.3, -0.25) is 0 Å². The zero-order valence-electron chi connectivity index (χ0n) is 17.3. The fraction of sp³-hybridized carbons (Fsp3) is 0.231. The van der Waals surface area contributed by atoms with E-state index in [1.54, 1.807) is 11.1 Å². The topological polar surface area (TPSA) is 0 Å². The Labute approximate surface area is 177 Å². The van der Waals surface area contributed by atoms with E-state index in [-0.39, 0.29) is 5.43 Å². The molecule has 0 nitrogen and oxygen atoms in total. The molecule has 0 unspecified atom stereocenters. The molecule has 4 rings (SSSR count). The van der Waals surface area contributed by atoms with Gasteiger partial charge in [0.25, 0.3) is 0 Å². The monoisotopic (exact) mass is 458 g/mol. The van der Waals surface area contributed by atoms with Crippen molar-refractivity contribution in [3.05, 3.63) is 102 Å². The van der Waals surface area contributed by atoms with E-state index in [1.807, 2.05) is 6.56 Å². The van der Waals surface area contributed by atoms with Gasteiger partial charge in [-0.25, -0.2) is 0 Å². The zero-order valence-corrected chi connectivity index (χ0v) is 20.8. The Morgan fingerprint density at radius 3 is 1.39 bits per heavy atom. The maximum absolute atomic E-state index is 2.57. The second-order valence-corrected chi connectivity index (χ2v) is 25.3. The molecule has 0 saturated carbocycles. The Balaban J connectivity index is 1.63. The Kier molecular flexibility index (Phi) is 5.99. The van der Waals surface area contributed by atoms with E-state index in [9.17, 15) is 0 Å². The van der Waals surface area contributed by atoms with Crippen LogP contribution in [0.5, 0.6) is 0 Å². The first-order valence-corrected chi connectivity index (χ1v) is 18.8. The first-order valence-electron chi connectivity index (χ1n) is 10.1. The minimum absolute atomic E-state index is 0.299. The van der Waals surface area contributed by atoms with Gasteiger partial charge in [-0.15, -0.1) is 0 Å². The van der Waals surface area contributed by atoms with Crippen LogP contribution in [0.1, 0.15) is 37.8 Å². The Bertz CT molecular complexity index is 978. The molecule has 0 spiro atoms. The average molecular weight is 460 g/mol. The second-order valence-electron chi connectivity index (χ2n) is 8.12. The van der Waals surface area contributed by atoms with Crippen LogP contribution in [-0.2, 0) is 20.4 Å². The molecule has 0 atom stereocenters. The summed E-state index contributed by atoms with van der Waals surface area (Å²) in [5, 5.41) is 0. The molecule has 2 aromatic rings. The second kappa shape index (κ2) is 8.47. The molecule has 0 radical (unpaired) electrons. The predicted octanol–water partition coefficient (Wildman–Crippen LogP) is 7.38. The van der Waals surface area contributed by atoms with Crippen molar-refractivity contribution in [3.63, 3.8) is 0 Å². The molecular weight excluding hydrogens is 432 g/mol. The third-order valence-electron chi connectivity index (χ3n) is 5.86. The normalized spacial score (nSPS) is 16.4. The summed E-state index contributed by atoms with van der Waals surface area (Å²) in [6.45, 7) is 9.88. The average Bonchev–Trinajstić information content (AvgIpc) is 3.27. The first kappa shape index (κ1) is 19.8. The quantitative estimate of drug-likeness (QED) is 0.418. The summed E-state index contributed by atoms with van der Waals surface area (Å²) in [6.07, 6.45) is 7.34. The fourth-order valence-corrected chi connectivity index (χ4v) is 23.0. The SMILES string of the molecule is CC1=[C]([Zr]([C]2=C(C)C=C(c3ccccc3)C2)=[Si](C)C)CC(c2ccccc2)=C1. The van der Waals surface area contributed by atoms with Crippen molar-refractivity contribution in [3.8, 4) is 0 Å². The van der Waals surface area contributed by atoms with E-state index in [2.05, 4.69) is 99.8 Å². The Hall–Kier alpha value is -1.50. The number of allylic oxidation sites excluding steroid dienone is 8. The molecule has 0 bridgehead atoms. The van der Waals surface area contributed by atoms with Crippen LogP contribution in [0.2, 0.25) is 13.1 Å². The molecule has 0 N–H and O–H groups in total. The first-order chi connectivity index (χ1) is 13.5. The van der Waals surface area contributed by atoms with Gasteiger partial charge in [0, 0.05) is 0 Å². The van der Waals surface area contributed by atoms with E-state index in [0.29, 0.717) is 0 Å².